The summed E-state index contributed by atoms with van der Waals surface area (Å²) in [4.78, 5) is 13.4. The molecule has 0 aromatic heterocycles. The first-order valence-electron chi connectivity index (χ1n) is 8.50. The molecule has 0 spiro atoms. The minimum atomic E-state index is -1.44. The molecule has 1 fully saturated rings. The Hall–Kier alpha value is -0.730. The van der Waals surface area contributed by atoms with Gasteiger partial charge in [0.15, 0.2) is 6.29 Å². The van der Waals surface area contributed by atoms with E-state index in [0.29, 0.717) is 6.42 Å². The van der Waals surface area contributed by atoms with Gasteiger partial charge in [0, 0.05) is 13.5 Å². The summed E-state index contributed by atoms with van der Waals surface area (Å²) in [6, 6.07) is -1.04. The molecule has 1 rings (SSSR count). The first-order chi connectivity index (χ1) is 10.9. The van der Waals surface area contributed by atoms with Gasteiger partial charge in [-0.05, 0) is 6.42 Å². The molecule has 0 radical (unpaired) electrons. The van der Waals surface area contributed by atoms with Gasteiger partial charge in [0.05, 0.1) is 6.61 Å². The molecule has 136 valence electrons. The zero-order valence-electron chi connectivity index (χ0n) is 14.1. The number of aliphatic hydroxyl groups excluding tert-OH is 4. The van der Waals surface area contributed by atoms with Gasteiger partial charge in [0.2, 0.25) is 5.91 Å². The van der Waals surface area contributed by atoms with Crippen molar-refractivity contribution in [3.8, 4) is 0 Å². The minimum absolute atomic E-state index is 0.207. The molecular weight excluding hydrogens is 302 g/mol. The molecular formula is C16H31NO6. The lowest BCUT2D eigenvalue weighted by molar-refractivity contribution is -0.268. The SMILES string of the molecule is CCCCCCCCC(=O)N(C)[C@H]1C(O)O[C@H](CO)[C@@H](O)[C@@H]1O. The summed E-state index contributed by atoms with van der Waals surface area (Å²) in [5.41, 5.74) is 0. The van der Waals surface area contributed by atoms with Crippen LogP contribution in [0.2, 0.25) is 0 Å². The molecule has 5 atom stereocenters. The molecule has 0 aromatic carbocycles. The number of aliphatic hydroxyl groups is 4. The van der Waals surface area contributed by atoms with Crippen molar-refractivity contribution in [2.45, 2.75) is 82.5 Å². The fourth-order valence-electron chi connectivity index (χ4n) is 2.90. The van der Waals surface area contributed by atoms with Gasteiger partial charge in [0.1, 0.15) is 24.4 Å². The third kappa shape index (κ3) is 5.69. The molecule has 0 bridgehead atoms. The van der Waals surface area contributed by atoms with Crippen LogP contribution < -0.4 is 0 Å². The Morgan fingerprint density at radius 2 is 1.65 bits per heavy atom. The third-order valence-electron chi connectivity index (χ3n) is 4.45. The van der Waals surface area contributed by atoms with Gasteiger partial charge in [-0.3, -0.25) is 4.79 Å². The summed E-state index contributed by atoms with van der Waals surface area (Å²) in [5, 5.41) is 39.0. The standard InChI is InChI=1S/C16H31NO6/c1-3-4-5-6-7-8-9-12(19)17(2)13-15(21)14(20)11(10-18)23-16(13)22/h11,13-16,18,20-22H,3-10H2,1-2H3/t11-,13-,14-,15-,16?/m1/s1. The Morgan fingerprint density at radius 1 is 1.04 bits per heavy atom. The van der Waals surface area contributed by atoms with Crippen molar-refractivity contribution in [1.82, 2.24) is 4.90 Å². The number of carbonyl (C=O) groups is 1. The molecule has 1 unspecified atom stereocenters. The Morgan fingerprint density at radius 3 is 2.26 bits per heavy atom. The number of unbranched alkanes of at least 4 members (excludes halogenated alkanes) is 5. The highest BCUT2D eigenvalue weighted by Crippen LogP contribution is 2.24. The van der Waals surface area contributed by atoms with Crippen LogP contribution in [0.5, 0.6) is 0 Å². The zero-order valence-corrected chi connectivity index (χ0v) is 14.1. The molecule has 1 aliphatic heterocycles. The lowest BCUT2D eigenvalue weighted by Gasteiger charge is -2.43. The molecule has 0 aromatic rings. The van der Waals surface area contributed by atoms with Crippen molar-refractivity contribution < 1.29 is 30.0 Å². The van der Waals surface area contributed by atoms with Gasteiger partial charge in [-0.25, -0.2) is 0 Å². The Kier molecular flexibility index (Phi) is 9.01. The van der Waals surface area contributed by atoms with E-state index in [9.17, 15) is 20.1 Å². The zero-order chi connectivity index (χ0) is 17.4. The number of carbonyl (C=O) groups excluding carboxylic acids is 1. The summed E-state index contributed by atoms with van der Waals surface area (Å²) in [6.07, 6.45) is 1.50. The molecule has 0 aliphatic carbocycles. The maximum absolute atomic E-state index is 12.2. The van der Waals surface area contributed by atoms with E-state index in [1.165, 1.54) is 31.2 Å². The van der Waals surface area contributed by atoms with Crippen LogP contribution in [-0.4, -0.2) is 75.5 Å². The first kappa shape index (κ1) is 20.3. The molecule has 1 saturated heterocycles. The number of nitrogens with zero attached hydrogens (tertiary/aromatic N) is 1. The topological polar surface area (TPSA) is 110 Å². The van der Waals surface area contributed by atoms with Gasteiger partial charge in [0.25, 0.3) is 0 Å². The summed E-state index contributed by atoms with van der Waals surface area (Å²) >= 11 is 0. The van der Waals surface area contributed by atoms with Gasteiger partial charge in [-0.2, -0.15) is 0 Å². The van der Waals surface area contributed by atoms with Crippen LogP contribution >= 0.6 is 0 Å². The summed E-state index contributed by atoms with van der Waals surface area (Å²) in [6.45, 7) is 1.63. The van der Waals surface area contributed by atoms with Gasteiger partial charge < -0.3 is 30.1 Å². The quantitative estimate of drug-likeness (QED) is 0.442. The van der Waals surface area contributed by atoms with E-state index in [1.807, 2.05) is 0 Å². The molecule has 7 nitrogen and oxygen atoms in total. The highest BCUT2D eigenvalue weighted by molar-refractivity contribution is 5.76. The highest BCUT2D eigenvalue weighted by atomic mass is 16.6. The van der Waals surface area contributed by atoms with Crippen molar-refractivity contribution in [2.24, 2.45) is 0 Å². The number of ether oxygens (including phenoxy) is 1. The number of amides is 1. The van der Waals surface area contributed by atoms with Crippen molar-refractivity contribution in [2.75, 3.05) is 13.7 Å². The van der Waals surface area contributed by atoms with Gasteiger partial charge in [-0.1, -0.05) is 39.0 Å². The number of likely N-dealkylation sites (N-methyl/N-ethyl adjacent to an activating group) is 1. The second-order valence-electron chi connectivity index (χ2n) is 6.24. The second kappa shape index (κ2) is 10.2. The Balaban J connectivity index is 2.45. The van der Waals surface area contributed by atoms with Crippen LogP contribution in [0, 0.1) is 0 Å². The fourth-order valence-corrected chi connectivity index (χ4v) is 2.90. The summed E-state index contributed by atoms with van der Waals surface area (Å²) in [5.74, 6) is -0.207. The lowest BCUT2D eigenvalue weighted by atomic mass is 9.95. The Bertz CT molecular complexity index is 353. The van der Waals surface area contributed by atoms with E-state index in [1.54, 1.807) is 0 Å². The van der Waals surface area contributed by atoms with Crippen LogP contribution in [0.1, 0.15) is 51.9 Å². The van der Waals surface area contributed by atoms with E-state index in [-0.39, 0.29) is 5.91 Å². The highest BCUT2D eigenvalue weighted by Gasteiger charge is 2.46. The molecule has 0 saturated carbocycles. The molecule has 4 N–H and O–H groups in total. The lowest BCUT2D eigenvalue weighted by Crippen LogP contribution is -2.64. The number of hydrogen-bond acceptors (Lipinski definition) is 6. The summed E-state index contributed by atoms with van der Waals surface area (Å²) < 4.78 is 5.07. The van der Waals surface area contributed by atoms with Crippen LogP contribution in [0.25, 0.3) is 0 Å². The van der Waals surface area contributed by atoms with Crippen molar-refractivity contribution in [1.29, 1.82) is 0 Å². The fraction of sp³-hybridized carbons (Fsp3) is 0.938. The van der Waals surface area contributed by atoms with Crippen molar-refractivity contribution in [3.63, 3.8) is 0 Å². The van der Waals surface area contributed by atoms with Gasteiger partial charge in [-0.15, -0.1) is 0 Å². The second-order valence-corrected chi connectivity index (χ2v) is 6.24. The van der Waals surface area contributed by atoms with Crippen LogP contribution in [0.3, 0.4) is 0 Å². The predicted molar refractivity (Wildman–Crippen MR) is 84.5 cm³/mol. The molecule has 1 aliphatic rings. The van der Waals surface area contributed by atoms with E-state index >= 15 is 0 Å². The maximum Gasteiger partial charge on any atom is 0.222 e. The normalized spacial score (nSPS) is 31.1. The monoisotopic (exact) mass is 333 g/mol. The van der Waals surface area contributed by atoms with E-state index < -0.39 is 37.3 Å². The molecule has 23 heavy (non-hydrogen) atoms. The minimum Gasteiger partial charge on any atom is -0.394 e. The van der Waals surface area contributed by atoms with Crippen LogP contribution in [0.4, 0.5) is 0 Å². The third-order valence-corrected chi connectivity index (χ3v) is 4.45. The maximum atomic E-state index is 12.2. The molecule has 7 heteroatoms. The largest absolute Gasteiger partial charge is 0.394 e. The van der Waals surface area contributed by atoms with E-state index in [2.05, 4.69) is 6.92 Å². The molecule has 1 heterocycles. The smallest absolute Gasteiger partial charge is 0.222 e. The predicted octanol–water partition coefficient (Wildman–Crippen LogP) is -0.00470. The first-order valence-corrected chi connectivity index (χ1v) is 8.50. The average molecular weight is 333 g/mol. The number of hydrogen-bond donors (Lipinski definition) is 4. The number of rotatable bonds is 9. The van der Waals surface area contributed by atoms with E-state index in [0.717, 1.165) is 19.3 Å². The van der Waals surface area contributed by atoms with Crippen LogP contribution in [0.15, 0.2) is 0 Å². The summed E-state index contributed by atoms with van der Waals surface area (Å²) in [7, 11) is 1.48. The van der Waals surface area contributed by atoms with Crippen LogP contribution in [-0.2, 0) is 9.53 Å². The van der Waals surface area contributed by atoms with E-state index in [4.69, 9.17) is 9.84 Å². The van der Waals surface area contributed by atoms with Crippen molar-refractivity contribution >= 4 is 5.91 Å². The Labute approximate surface area is 137 Å². The average Bonchev–Trinajstić information content (AvgIpc) is 2.53. The van der Waals surface area contributed by atoms with Crippen molar-refractivity contribution in [3.05, 3.63) is 0 Å². The van der Waals surface area contributed by atoms with Gasteiger partial charge >= 0.3 is 0 Å². The molecule has 1 amide bonds.